The van der Waals surface area contributed by atoms with Gasteiger partial charge in [-0.05, 0) is 31.1 Å². The van der Waals surface area contributed by atoms with E-state index in [-0.39, 0.29) is 12.8 Å². The Hall–Kier alpha value is -0.140. The third-order valence-corrected chi connectivity index (χ3v) is 4.31. The van der Waals surface area contributed by atoms with Gasteiger partial charge in [-0.15, -0.1) is 0 Å². The average Bonchev–Trinajstić information content (AvgIpc) is 2.41. The minimum atomic E-state index is -2.36. The van der Waals surface area contributed by atoms with Gasteiger partial charge in [-0.25, -0.2) is 8.78 Å². The van der Waals surface area contributed by atoms with E-state index in [1.165, 1.54) is 32.1 Å². The van der Waals surface area contributed by atoms with E-state index in [2.05, 4.69) is 0 Å². The zero-order chi connectivity index (χ0) is 10.7. The number of hydrogen-bond acceptors (Lipinski definition) is 0. The Labute approximate surface area is 91.4 Å². The Morgan fingerprint density at radius 3 is 2.00 bits per heavy atom. The summed E-state index contributed by atoms with van der Waals surface area (Å²) in [7, 11) is 0. The Balaban J connectivity index is 1.87. The third-order valence-electron chi connectivity index (χ3n) is 4.31. The van der Waals surface area contributed by atoms with Crippen molar-refractivity contribution in [3.8, 4) is 0 Å². The van der Waals surface area contributed by atoms with Crippen LogP contribution < -0.4 is 0 Å². The lowest BCUT2D eigenvalue weighted by molar-refractivity contribution is -0.0156. The average molecular weight is 216 g/mol. The molecule has 0 amide bonds. The third kappa shape index (κ3) is 3.15. The molecule has 2 saturated carbocycles. The molecule has 2 rings (SSSR count). The van der Waals surface area contributed by atoms with Gasteiger partial charge in [0.25, 0.3) is 0 Å². The monoisotopic (exact) mass is 216 g/mol. The number of rotatable bonds is 1. The highest BCUT2D eigenvalue weighted by atomic mass is 19.3. The molecule has 0 aliphatic heterocycles. The minimum absolute atomic E-state index is 0.135. The van der Waals surface area contributed by atoms with Gasteiger partial charge in [-0.3, -0.25) is 0 Å². The molecule has 0 N–H and O–H groups in total. The summed E-state index contributed by atoms with van der Waals surface area (Å²) in [6, 6.07) is 0. The lowest BCUT2D eigenvalue weighted by Gasteiger charge is -2.29. The van der Waals surface area contributed by atoms with Crippen LogP contribution in [0.2, 0.25) is 0 Å². The van der Waals surface area contributed by atoms with Gasteiger partial charge in [0.05, 0.1) is 0 Å². The van der Waals surface area contributed by atoms with Crippen LogP contribution in [0.15, 0.2) is 0 Å². The van der Waals surface area contributed by atoms with Crippen molar-refractivity contribution in [1.29, 1.82) is 0 Å². The minimum Gasteiger partial charge on any atom is -0.207 e. The number of hydrogen-bond donors (Lipinski definition) is 0. The summed E-state index contributed by atoms with van der Waals surface area (Å²) < 4.78 is 26.4. The lowest BCUT2D eigenvalue weighted by Crippen LogP contribution is -2.18. The summed E-state index contributed by atoms with van der Waals surface area (Å²) >= 11 is 0. The molecule has 0 aromatic rings. The van der Waals surface area contributed by atoms with Crippen LogP contribution in [-0.4, -0.2) is 5.92 Å². The number of alkyl halides is 2. The van der Waals surface area contributed by atoms with Crippen LogP contribution in [0, 0.1) is 11.8 Å². The van der Waals surface area contributed by atoms with Crippen LogP contribution in [0.4, 0.5) is 8.78 Å². The second-order valence-corrected chi connectivity index (χ2v) is 5.45. The molecule has 0 nitrogen and oxygen atoms in total. The Morgan fingerprint density at radius 2 is 1.27 bits per heavy atom. The van der Waals surface area contributed by atoms with Gasteiger partial charge in [0, 0.05) is 12.8 Å². The zero-order valence-corrected chi connectivity index (χ0v) is 9.48. The molecule has 2 aliphatic rings. The Bertz CT molecular complexity index is 195. The van der Waals surface area contributed by atoms with Crippen LogP contribution in [0.5, 0.6) is 0 Å². The fourth-order valence-electron chi connectivity index (χ4n) is 3.37. The maximum atomic E-state index is 13.2. The predicted molar refractivity (Wildman–Crippen MR) is 58.1 cm³/mol. The van der Waals surface area contributed by atoms with Crippen molar-refractivity contribution in [2.24, 2.45) is 11.8 Å². The van der Waals surface area contributed by atoms with Crippen LogP contribution in [0.1, 0.15) is 64.2 Å². The normalized spacial score (nSPS) is 33.6. The molecule has 0 aromatic heterocycles. The molecule has 1 atom stereocenters. The van der Waals surface area contributed by atoms with E-state index < -0.39 is 5.92 Å². The highest BCUT2D eigenvalue weighted by Gasteiger charge is 2.34. The molecule has 2 fully saturated rings. The van der Waals surface area contributed by atoms with Crippen molar-refractivity contribution >= 4 is 0 Å². The van der Waals surface area contributed by atoms with Gasteiger partial charge in [0.15, 0.2) is 0 Å². The van der Waals surface area contributed by atoms with Crippen LogP contribution in [-0.2, 0) is 0 Å². The molecule has 15 heavy (non-hydrogen) atoms. The summed E-state index contributed by atoms with van der Waals surface area (Å²) in [5.41, 5.74) is 0. The van der Waals surface area contributed by atoms with Crippen molar-refractivity contribution in [2.45, 2.75) is 70.1 Å². The molecule has 0 unspecified atom stereocenters. The second kappa shape index (κ2) is 4.80. The van der Waals surface area contributed by atoms with E-state index in [0.717, 1.165) is 25.2 Å². The lowest BCUT2D eigenvalue weighted by atomic mass is 9.77. The van der Waals surface area contributed by atoms with Gasteiger partial charge < -0.3 is 0 Å². The second-order valence-electron chi connectivity index (χ2n) is 5.45. The number of halogens is 2. The van der Waals surface area contributed by atoms with Crippen molar-refractivity contribution in [3.05, 3.63) is 0 Å². The van der Waals surface area contributed by atoms with E-state index in [0.29, 0.717) is 5.92 Å². The van der Waals surface area contributed by atoms with Crippen LogP contribution in [0.3, 0.4) is 0 Å². The van der Waals surface area contributed by atoms with Crippen molar-refractivity contribution < 1.29 is 8.78 Å². The smallest absolute Gasteiger partial charge is 0.207 e. The Morgan fingerprint density at radius 1 is 0.667 bits per heavy atom. The van der Waals surface area contributed by atoms with Crippen molar-refractivity contribution in [1.82, 2.24) is 0 Å². The summed E-state index contributed by atoms with van der Waals surface area (Å²) in [6.07, 6.45) is 9.48. The predicted octanol–water partition coefficient (Wildman–Crippen LogP) is 4.78. The molecule has 2 heteroatoms. The van der Waals surface area contributed by atoms with Gasteiger partial charge in [-0.2, -0.15) is 0 Å². The van der Waals surface area contributed by atoms with Crippen molar-refractivity contribution in [2.75, 3.05) is 0 Å². The Kier molecular flexibility index (Phi) is 3.63. The van der Waals surface area contributed by atoms with E-state index >= 15 is 0 Å². The van der Waals surface area contributed by atoms with E-state index in [9.17, 15) is 8.78 Å². The molecule has 0 spiro atoms. The molecule has 2 aliphatic carbocycles. The van der Waals surface area contributed by atoms with Crippen LogP contribution >= 0.6 is 0 Å². The van der Waals surface area contributed by atoms with E-state index in [4.69, 9.17) is 0 Å². The highest BCUT2D eigenvalue weighted by Crippen LogP contribution is 2.41. The summed E-state index contributed by atoms with van der Waals surface area (Å²) in [6.45, 7) is 0. The first-order valence-electron chi connectivity index (χ1n) is 6.55. The molecular weight excluding hydrogens is 194 g/mol. The van der Waals surface area contributed by atoms with Gasteiger partial charge >= 0.3 is 0 Å². The molecule has 0 radical (unpaired) electrons. The summed E-state index contributed by atoms with van der Waals surface area (Å²) in [5.74, 6) is -0.977. The SMILES string of the molecule is FC1(F)CCC[C@@H](C2CCCCC2)CC1. The molecule has 0 bridgehead atoms. The molecule has 0 aromatic carbocycles. The summed E-state index contributed by atoms with van der Waals surface area (Å²) in [4.78, 5) is 0. The fourth-order valence-corrected chi connectivity index (χ4v) is 3.37. The van der Waals surface area contributed by atoms with E-state index in [1.807, 2.05) is 0 Å². The quantitative estimate of drug-likeness (QED) is 0.553. The van der Waals surface area contributed by atoms with Crippen molar-refractivity contribution in [3.63, 3.8) is 0 Å². The molecule has 0 heterocycles. The first-order chi connectivity index (χ1) is 7.17. The summed E-state index contributed by atoms with van der Waals surface area (Å²) in [5, 5.41) is 0. The standard InChI is InChI=1S/C13H22F2/c14-13(15)9-4-7-12(8-10-13)11-5-2-1-3-6-11/h11-12H,1-10H2/t12-/m1/s1. The van der Waals surface area contributed by atoms with E-state index in [1.54, 1.807) is 0 Å². The first-order valence-corrected chi connectivity index (χ1v) is 6.55. The van der Waals surface area contributed by atoms with Crippen LogP contribution in [0.25, 0.3) is 0 Å². The molecule has 88 valence electrons. The highest BCUT2D eigenvalue weighted by molar-refractivity contribution is 4.80. The maximum absolute atomic E-state index is 13.2. The zero-order valence-electron chi connectivity index (χ0n) is 9.48. The fraction of sp³-hybridized carbons (Fsp3) is 1.00. The largest absolute Gasteiger partial charge is 0.248 e. The maximum Gasteiger partial charge on any atom is 0.248 e. The van der Waals surface area contributed by atoms with Gasteiger partial charge in [0.1, 0.15) is 0 Å². The molecule has 0 saturated heterocycles. The molecular formula is C13H22F2. The topological polar surface area (TPSA) is 0 Å². The van der Waals surface area contributed by atoms with Gasteiger partial charge in [0.2, 0.25) is 5.92 Å². The first kappa shape index (κ1) is 11.3. The van der Waals surface area contributed by atoms with Gasteiger partial charge in [-0.1, -0.05) is 32.1 Å².